The fourth-order valence-corrected chi connectivity index (χ4v) is 2.67. The Balaban J connectivity index is 2.48. The molecule has 0 aliphatic carbocycles. The second-order valence-corrected chi connectivity index (χ2v) is 6.90. The molecule has 0 aromatic heterocycles. The van der Waals surface area contributed by atoms with Gasteiger partial charge in [0.2, 0.25) is 0 Å². The summed E-state index contributed by atoms with van der Waals surface area (Å²) in [6, 6.07) is 0. The van der Waals surface area contributed by atoms with Gasteiger partial charge in [-0.2, -0.15) is 0 Å². The highest BCUT2D eigenvalue weighted by atomic mass is 16.6. The number of ether oxygens (including phenoxy) is 1. The van der Waals surface area contributed by atoms with Crippen molar-refractivity contribution >= 4 is 11.9 Å². The third-order valence-electron chi connectivity index (χ3n) is 4.04. The van der Waals surface area contributed by atoms with Crippen molar-refractivity contribution in [2.24, 2.45) is 11.8 Å². The Labute approximate surface area is 127 Å². The van der Waals surface area contributed by atoms with Gasteiger partial charge in [0, 0.05) is 25.4 Å². The summed E-state index contributed by atoms with van der Waals surface area (Å²) in [5, 5.41) is 10.3. The average molecular weight is 299 g/mol. The van der Waals surface area contributed by atoms with E-state index in [-0.39, 0.29) is 23.7 Å². The third kappa shape index (κ3) is 5.30. The summed E-state index contributed by atoms with van der Waals surface area (Å²) >= 11 is 0. The second kappa shape index (κ2) is 7.25. The Morgan fingerprint density at radius 2 is 1.81 bits per heavy atom. The van der Waals surface area contributed by atoms with E-state index >= 15 is 0 Å². The Hall–Kier alpha value is -1.10. The van der Waals surface area contributed by atoms with Gasteiger partial charge >= 0.3 is 6.09 Å². The van der Waals surface area contributed by atoms with Crippen LogP contribution in [0, 0.1) is 11.8 Å². The number of rotatable bonds is 4. The molecule has 122 valence electrons. The van der Waals surface area contributed by atoms with Crippen molar-refractivity contribution in [3.8, 4) is 0 Å². The highest BCUT2D eigenvalue weighted by Gasteiger charge is 2.33. The molecule has 0 radical (unpaired) electrons. The first-order chi connectivity index (χ1) is 9.65. The molecule has 1 amide bonds. The highest BCUT2D eigenvalue weighted by molar-refractivity contribution is 5.80. The molecule has 1 aliphatic rings. The molecule has 1 saturated heterocycles. The predicted octanol–water partition coefficient (Wildman–Crippen LogP) is 2.61. The van der Waals surface area contributed by atoms with Crippen LogP contribution in [0.2, 0.25) is 0 Å². The summed E-state index contributed by atoms with van der Waals surface area (Å²) in [6.07, 6.45) is 0.963. The first-order valence-electron chi connectivity index (χ1n) is 7.84. The van der Waals surface area contributed by atoms with Crippen molar-refractivity contribution in [3.63, 3.8) is 0 Å². The summed E-state index contributed by atoms with van der Waals surface area (Å²) in [6.45, 7) is 10.3. The number of piperidine rings is 1. The Bertz CT molecular complexity index is 367. The van der Waals surface area contributed by atoms with Gasteiger partial charge in [-0.25, -0.2) is 4.79 Å². The SMILES string of the molecule is CCC(=O)[C@H](C)[C@@H](O)C1CCN(C(=O)OC(C)(C)C)CC1. The van der Waals surface area contributed by atoms with Crippen LogP contribution in [0.5, 0.6) is 0 Å². The topological polar surface area (TPSA) is 66.8 Å². The van der Waals surface area contributed by atoms with Crippen LogP contribution in [0.1, 0.15) is 53.9 Å². The smallest absolute Gasteiger partial charge is 0.410 e. The van der Waals surface area contributed by atoms with E-state index in [4.69, 9.17) is 4.74 Å². The zero-order valence-corrected chi connectivity index (χ0v) is 13.9. The van der Waals surface area contributed by atoms with Crippen LogP contribution in [-0.2, 0) is 9.53 Å². The molecule has 5 heteroatoms. The molecule has 0 aromatic carbocycles. The average Bonchev–Trinajstić information content (AvgIpc) is 2.43. The first-order valence-corrected chi connectivity index (χ1v) is 7.84. The summed E-state index contributed by atoms with van der Waals surface area (Å²) in [5.41, 5.74) is -0.491. The number of aliphatic hydroxyl groups excluding tert-OH is 1. The largest absolute Gasteiger partial charge is 0.444 e. The molecular formula is C16H29NO4. The van der Waals surface area contributed by atoms with E-state index in [0.717, 1.165) is 0 Å². The van der Waals surface area contributed by atoms with Gasteiger partial charge in [-0.15, -0.1) is 0 Å². The van der Waals surface area contributed by atoms with Gasteiger partial charge in [0.15, 0.2) is 0 Å². The van der Waals surface area contributed by atoms with Crippen LogP contribution in [0.15, 0.2) is 0 Å². The van der Waals surface area contributed by atoms with Crippen LogP contribution in [-0.4, -0.2) is 46.7 Å². The van der Waals surface area contributed by atoms with Crippen molar-refractivity contribution in [1.82, 2.24) is 4.90 Å². The molecule has 1 heterocycles. The van der Waals surface area contributed by atoms with Gasteiger partial charge < -0.3 is 14.7 Å². The number of aliphatic hydroxyl groups is 1. The highest BCUT2D eigenvalue weighted by Crippen LogP contribution is 2.26. The number of carbonyl (C=O) groups is 2. The zero-order valence-electron chi connectivity index (χ0n) is 13.9. The Morgan fingerprint density at radius 3 is 2.24 bits per heavy atom. The molecule has 1 N–H and O–H groups in total. The number of Topliss-reactive ketones (excluding diaryl/α,β-unsaturated/α-hetero) is 1. The minimum absolute atomic E-state index is 0.0780. The van der Waals surface area contributed by atoms with Crippen molar-refractivity contribution in [2.45, 2.75) is 65.6 Å². The van der Waals surface area contributed by atoms with Gasteiger partial charge in [-0.1, -0.05) is 13.8 Å². The molecule has 21 heavy (non-hydrogen) atoms. The lowest BCUT2D eigenvalue weighted by atomic mass is 9.83. The van der Waals surface area contributed by atoms with Crippen molar-refractivity contribution in [2.75, 3.05) is 13.1 Å². The van der Waals surface area contributed by atoms with E-state index in [0.29, 0.717) is 32.4 Å². The number of nitrogens with zero attached hydrogens (tertiary/aromatic N) is 1. The van der Waals surface area contributed by atoms with Crippen molar-refractivity contribution < 1.29 is 19.4 Å². The van der Waals surface area contributed by atoms with Crippen LogP contribution in [0.4, 0.5) is 4.79 Å². The molecule has 0 saturated carbocycles. The van der Waals surface area contributed by atoms with Crippen LogP contribution < -0.4 is 0 Å². The Morgan fingerprint density at radius 1 is 1.29 bits per heavy atom. The summed E-state index contributed by atoms with van der Waals surface area (Å²) in [7, 11) is 0. The van der Waals surface area contributed by atoms with Crippen LogP contribution in [0.3, 0.4) is 0 Å². The minimum Gasteiger partial charge on any atom is -0.444 e. The maximum atomic E-state index is 12.0. The number of amides is 1. The molecule has 1 fully saturated rings. The normalized spacial score (nSPS) is 20.0. The molecule has 0 bridgehead atoms. The van der Waals surface area contributed by atoms with Crippen molar-refractivity contribution in [1.29, 1.82) is 0 Å². The first kappa shape index (κ1) is 18.0. The van der Waals surface area contributed by atoms with Crippen LogP contribution in [0.25, 0.3) is 0 Å². The minimum atomic E-state index is -0.613. The lowest BCUT2D eigenvalue weighted by Gasteiger charge is -2.36. The zero-order chi connectivity index (χ0) is 16.2. The molecule has 0 spiro atoms. The maximum Gasteiger partial charge on any atom is 0.410 e. The monoisotopic (exact) mass is 299 g/mol. The fourth-order valence-electron chi connectivity index (χ4n) is 2.67. The van der Waals surface area contributed by atoms with Gasteiger partial charge in [0.25, 0.3) is 0 Å². The third-order valence-corrected chi connectivity index (χ3v) is 4.04. The molecule has 2 atom stereocenters. The summed E-state index contributed by atoms with van der Waals surface area (Å²) < 4.78 is 5.35. The van der Waals surface area contributed by atoms with E-state index in [1.165, 1.54) is 0 Å². The Kier molecular flexibility index (Phi) is 6.20. The van der Waals surface area contributed by atoms with E-state index in [1.54, 1.807) is 11.8 Å². The standard InChI is InChI=1S/C16H29NO4/c1-6-13(18)11(2)14(19)12-7-9-17(10-8-12)15(20)21-16(3,4)5/h11-12,14,19H,6-10H2,1-5H3/t11-,14+/m0/s1. The molecule has 0 unspecified atom stereocenters. The van der Waals surface area contributed by atoms with Gasteiger partial charge in [0.05, 0.1) is 6.10 Å². The lowest BCUT2D eigenvalue weighted by molar-refractivity contribution is -0.127. The van der Waals surface area contributed by atoms with Gasteiger partial charge in [0.1, 0.15) is 11.4 Å². The van der Waals surface area contributed by atoms with Gasteiger partial charge in [-0.3, -0.25) is 4.79 Å². The molecular weight excluding hydrogens is 270 g/mol. The predicted molar refractivity (Wildman–Crippen MR) is 81.0 cm³/mol. The number of hydrogen-bond donors (Lipinski definition) is 1. The fraction of sp³-hybridized carbons (Fsp3) is 0.875. The molecule has 5 nitrogen and oxygen atoms in total. The second-order valence-electron chi connectivity index (χ2n) is 6.90. The number of hydrogen-bond acceptors (Lipinski definition) is 4. The summed E-state index contributed by atoms with van der Waals surface area (Å²) in [5.74, 6) is -0.153. The lowest BCUT2D eigenvalue weighted by Crippen LogP contribution is -2.45. The van der Waals surface area contributed by atoms with Crippen LogP contribution >= 0.6 is 0 Å². The van der Waals surface area contributed by atoms with E-state index in [2.05, 4.69) is 0 Å². The molecule has 1 rings (SSSR count). The number of likely N-dealkylation sites (tertiary alicyclic amines) is 1. The molecule has 1 aliphatic heterocycles. The maximum absolute atomic E-state index is 12.0. The number of carbonyl (C=O) groups excluding carboxylic acids is 2. The number of ketones is 1. The van der Waals surface area contributed by atoms with Gasteiger partial charge in [-0.05, 0) is 39.5 Å². The van der Waals surface area contributed by atoms with E-state index < -0.39 is 11.7 Å². The van der Waals surface area contributed by atoms with E-state index in [9.17, 15) is 14.7 Å². The van der Waals surface area contributed by atoms with E-state index in [1.807, 2.05) is 27.7 Å². The molecule has 0 aromatic rings. The quantitative estimate of drug-likeness (QED) is 0.866. The van der Waals surface area contributed by atoms with Crippen molar-refractivity contribution in [3.05, 3.63) is 0 Å². The summed E-state index contributed by atoms with van der Waals surface area (Å²) in [4.78, 5) is 25.3.